The van der Waals surface area contributed by atoms with Crippen LogP contribution in [-0.2, 0) is 25.1 Å². The molecule has 178 valence electrons. The minimum absolute atomic E-state index is 0.0300. The Morgan fingerprint density at radius 3 is 2.59 bits per heavy atom. The van der Waals surface area contributed by atoms with Gasteiger partial charge in [0.1, 0.15) is 27.1 Å². The number of likely N-dealkylation sites (tertiary alicyclic amines) is 1. The molecule has 5 heterocycles. The number of thioether (sulfide) groups is 1. The third-order valence-corrected chi connectivity index (χ3v) is 10.5. The van der Waals surface area contributed by atoms with Gasteiger partial charge in [0.25, 0.3) is 5.56 Å². The molecule has 4 aromatic rings. The number of hydrogen-bond acceptors (Lipinski definition) is 7. The number of H-pyrrole nitrogens is 1. The van der Waals surface area contributed by atoms with E-state index in [1.54, 1.807) is 28.0 Å². The Labute approximate surface area is 211 Å². The van der Waals surface area contributed by atoms with Crippen molar-refractivity contribution < 1.29 is 4.90 Å². The van der Waals surface area contributed by atoms with E-state index in [9.17, 15) is 4.79 Å². The molecular formula is C25H30N5OS3+. The molecule has 4 aromatic heterocycles. The van der Waals surface area contributed by atoms with Crippen molar-refractivity contribution in [2.75, 3.05) is 13.1 Å². The first kappa shape index (κ1) is 22.6. The second kappa shape index (κ2) is 9.33. The van der Waals surface area contributed by atoms with Crippen LogP contribution >= 0.6 is 34.4 Å². The molecule has 2 N–H and O–H groups in total. The number of aromatic amines is 1. The molecule has 0 saturated carbocycles. The lowest BCUT2D eigenvalue weighted by Crippen LogP contribution is -3.11. The van der Waals surface area contributed by atoms with Crippen LogP contribution in [0.25, 0.3) is 20.4 Å². The summed E-state index contributed by atoms with van der Waals surface area (Å²) in [6.45, 7) is 7.40. The van der Waals surface area contributed by atoms with Crippen LogP contribution in [0.2, 0.25) is 0 Å². The number of hydrogen-bond donors (Lipinski definition) is 2. The van der Waals surface area contributed by atoms with Crippen molar-refractivity contribution in [2.45, 2.75) is 76.1 Å². The smallest absolute Gasteiger partial charge is 0.259 e. The Morgan fingerprint density at radius 1 is 0.941 bits per heavy atom. The van der Waals surface area contributed by atoms with Gasteiger partial charge >= 0.3 is 0 Å². The van der Waals surface area contributed by atoms with E-state index < -0.39 is 0 Å². The quantitative estimate of drug-likeness (QED) is 0.307. The molecule has 0 spiro atoms. The van der Waals surface area contributed by atoms with E-state index in [1.165, 1.54) is 61.0 Å². The van der Waals surface area contributed by atoms with E-state index in [0.29, 0.717) is 5.75 Å². The monoisotopic (exact) mass is 512 g/mol. The number of rotatable bonds is 5. The molecule has 1 aliphatic heterocycles. The van der Waals surface area contributed by atoms with Gasteiger partial charge in [-0.1, -0.05) is 11.8 Å². The zero-order chi connectivity index (χ0) is 23.2. The highest BCUT2D eigenvalue weighted by Crippen LogP contribution is 2.40. The van der Waals surface area contributed by atoms with Crippen LogP contribution < -0.4 is 10.5 Å². The Morgan fingerprint density at radius 2 is 1.74 bits per heavy atom. The predicted octanol–water partition coefficient (Wildman–Crippen LogP) is 4.35. The number of fused-ring (bicyclic) bond motifs is 4. The summed E-state index contributed by atoms with van der Waals surface area (Å²) in [6.07, 6.45) is 8.75. The van der Waals surface area contributed by atoms with Crippen LogP contribution in [0.15, 0.2) is 9.82 Å². The first-order chi connectivity index (χ1) is 16.6. The SMILES string of the molecule is Cc1sc2nc(CSc3nc(C[NH+]4CCCCC4)nc4sc5c(c34)CCCC5)[nH]c(=O)c2c1C. The lowest BCUT2D eigenvalue weighted by atomic mass is 9.97. The highest BCUT2D eigenvalue weighted by Gasteiger charge is 2.23. The minimum Gasteiger partial charge on any atom is -0.329 e. The molecule has 0 bridgehead atoms. The largest absolute Gasteiger partial charge is 0.329 e. The van der Waals surface area contributed by atoms with E-state index in [0.717, 1.165) is 61.5 Å². The molecular weight excluding hydrogens is 483 g/mol. The summed E-state index contributed by atoms with van der Waals surface area (Å²) in [5.74, 6) is 2.29. The van der Waals surface area contributed by atoms with Crippen LogP contribution in [0.4, 0.5) is 0 Å². The van der Waals surface area contributed by atoms with Crippen LogP contribution in [0.5, 0.6) is 0 Å². The zero-order valence-electron chi connectivity index (χ0n) is 19.8. The molecule has 6 rings (SSSR count). The second-order valence-corrected chi connectivity index (χ2v) is 12.8. The highest BCUT2D eigenvalue weighted by molar-refractivity contribution is 7.98. The van der Waals surface area contributed by atoms with Crippen molar-refractivity contribution in [3.63, 3.8) is 0 Å². The molecule has 9 heteroatoms. The third kappa shape index (κ3) is 4.21. The Kier molecular flexibility index (Phi) is 6.22. The summed E-state index contributed by atoms with van der Waals surface area (Å²) in [4.78, 5) is 37.0. The molecule has 0 atom stereocenters. The maximum absolute atomic E-state index is 12.8. The molecule has 1 fully saturated rings. The Balaban J connectivity index is 1.35. The molecule has 0 aromatic carbocycles. The maximum atomic E-state index is 12.8. The summed E-state index contributed by atoms with van der Waals surface area (Å²) in [7, 11) is 0. The van der Waals surface area contributed by atoms with Gasteiger partial charge in [0.15, 0.2) is 5.82 Å². The normalized spacial score (nSPS) is 17.0. The third-order valence-electron chi connectivity index (χ3n) is 7.23. The highest BCUT2D eigenvalue weighted by atomic mass is 32.2. The number of nitrogens with one attached hydrogen (secondary N) is 2. The van der Waals surface area contributed by atoms with Gasteiger partial charge < -0.3 is 9.88 Å². The summed E-state index contributed by atoms with van der Waals surface area (Å²) in [6, 6.07) is 0. The standard InChI is InChI=1S/C25H29N5OS3/c1-14-15(2)33-24-20(14)22(31)26-19(29-24)13-32-23-21-16-8-4-5-9-17(16)34-25(21)28-18(27-23)12-30-10-6-3-7-11-30/h3-13H2,1-2H3,(H,26,29,31)/p+1. The summed E-state index contributed by atoms with van der Waals surface area (Å²) in [5, 5.41) is 3.06. The summed E-state index contributed by atoms with van der Waals surface area (Å²) in [5.41, 5.74) is 2.48. The number of aryl methyl sites for hydroxylation is 4. The molecule has 0 unspecified atom stereocenters. The molecule has 0 radical (unpaired) electrons. The van der Waals surface area contributed by atoms with Crippen molar-refractivity contribution in [3.8, 4) is 0 Å². The lowest BCUT2D eigenvalue weighted by molar-refractivity contribution is -0.919. The van der Waals surface area contributed by atoms with Crippen molar-refractivity contribution in [1.29, 1.82) is 0 Å². The fourth-order valence-corrected chi connectivity index (χ4v) is 8.64. The van der Waals surface area contributed by atoms with Crippen LogP contribution in [0, 0.1) is 13.8 Å². The molecule has 1 saturated heterocycles. The molecule has 2 aliphatic rings. The lowest BCUT2D eigenvalue weighted by Gasteiger charge is -2.22. The van der Waals surface area contributed by atoms with E-state index >= 15 is 0 Å². The Bertz CT molecular complexity index is 1430. The predicted molar refractivity (Wildman–Crippen MR) is 142 cm³/mol. The summed E-state index contributed by atoms with van der Waals surface area (Å²) >= 11 is 5.18. The molecule has 6 nitrogen and oxygen atoms in total. The van der Waals surface area contributed by atoms with E-state index in [2.05, 4.69) is 11.9 Å². The van der Waals surface area contributed by atoms with Gasteiger partial charge in [-0.05, 0) is 69.9 Å². The summed E-state index contributed by atoms with van der Waals surface area (Å²) < 4.78 is 0. The average Bonchev–Trinajstić information content (AvgIpc) is 3.35. The van der Waals surface area contributed by atoms with E-state index in [-0.39, 0.29) is 5.56 Å². The van der Waals surface area contributed by atoms with Crippen LogP contribution in [0.3, 0.4) is 0 Å². The maximum Gasteiger partial charge on any atom is 0.259 e. The molecule has 0 amide bonds. The van der Waals surface area contributed by atoms with Gasteiger partial charge in [0.05, 0.1) is 24.2 Å². The van der Waals surface area contributed by atoms with E-state index in [4.69, 9.17) is 15.0 Å². The van der Waals surface area contributed by atoms with E-state index in [1.807, 2.05) is 18.3 Å². The molecule has 1 aliphatic carbocycles. The first-order valence-corrected chi connectivity index (χ1v) is 14.9. The zero-order valence-corrected chi connectivity index (χ0v) is 22.2. The average molecular weight is 513 g/mol. The van der Waals surface area contributed by atoms with Crippen LogP contribution in [0.1, 0.15) is 64.6 Å². The van der Waals surface area contributed by atoms with Gasteiger partial charge in [0.2, 0.25) is 0 Å². The van der Waals surface area contributed by atoms with Gasteiger partial charge in [0, 0.05) is 15.1 Å². The fourth-order valence-electron chi connectivity index (χ4n) is 5.31. The van der Waals surface area contributed by atoms with Crippen molar-refractivity contribution in [1.82, 2.24) is 19.9 Å². The Hall–Kier alpha value is -1.81. The fraction of sp³-hybridized carbons (Fsp3) is 0.520. The van der Waals surface area contributed by atoms with Crippen molar-refractivity contribution >= 4 is 54.9 Å². The first-order valence-electron chi connectivity index (χ1n) is 12.3. The van der Waals surface area contributed by atoms with Gasteiger partial charge in [-0.15, -0.1) is 22.7 Å². The van der Waals surface area contributed by atoms with Crippen LogP contribution in [-0.4, -0.2) is 33.0 Å². The number of quaternary nitrogens is 1. The number of nitrogens with zero attached hydrogens (tertiary/aromatic N) is 3. The number of aromatic nitrogens is 4. The van der Waals surface area contributed by atoms with Gasteiger partial charge in [-0.2, -0.15) is 0 Å². The van der Waals surface area contributed by atoms with Gasteiger partial charge in [-0.3, -0.25) is 4.79 Å². The number of thiophene rings is 2. The van der Waals surface area contributed by atoms with Crippen molar-refractivity contribution in [2.24, 2.45) is 0 Å². The second-order valence-electron chi connectivity index (χ2n) is 9.59. The number of piperidine rings is 1. The molecule has 34 heavy (non-hydrogen) atoms. The topological polar surface area (TPSA) is 76.0 Å². The van der Waals surface area contributed by atoms with Gasteiger partial charge in [-0.25, -0.2) is 15.0 Å². The minimum atomic E-state index is -0.0300. The van der Waals surface area contributed by atoms with Crippen molar-refractivity contribution in [3.05, 3.63) is 42.9 Å².